The molecule has 3 rings (SSSR count). The molecule has 0 bridgehead atoms. The fourth-order valence-electron chi connectivity index (χ4n) is 2.41. The number of pyridine rings is 1. The SMILES string of the molecule is COC(=O)c1c(Br)cnc2c1cnn2C1CCCCO1. The largest absolute Gasteiger partial charge is 0.465 e. The molecule has 2 aromatic heterocycles. The molecular weight excluding hydrogens is 326 g/mol. The molecule has 1 unspecified atom stereocenters. The van der Waals surface area contributed by atoms with Crippen molar-refractivity contribution in [1.29, 1.82) is 0 Å². The third-order valence-electron chi connectivity index (χ3n) is 3.40. The van der Waals surface area contributed by atoms with Crippen molar-refractivity contribution in [1.82, 2.24) is 14.8 Å². The molecule has 0 radical (unpaired) electrons. The number of rotatable bonds is 2. The van der Waals surface area contributed by atoms with E-state index in [1.807, 2.05) is 0 Å². The Kier molecular flexibility index (Phi) is 3.71. The highest BCUT2D eigenvalue weighted by Gasteiger charge is 2.23. The Hall–Kier alpha value is -1.47. The van der Waals surface area contributed by atoms with Crippen LogP contribution in [0.4, 0.5) is 0 Å². The van der Waals surface area contributed by atoms with Crippen molar-refractivity contribution >= 4 is 32.9 Å². The van der Waals surface area contributed by atoms with Gasteiger partial charge in [0.15, 0.2) is 11.9 Å². The number of halogens is 1. The molecule has 2 aromatic rings. The molecule has 1 saturated heterocycles. The average molecular weight is 340 g/mol. The predicted molar refractivity (Wildman–Crippen MR) is 75.4 cm³/mol. The quantitative estimate of drug-likeness (QED) is 0.787. The fraction of sp³-hybridized carbons (Fsp3) is 0.462. The van der Waals surface area contributed by atoms with E-state index in [0.717, 1.165) is 25.9 Å². The fourth-order valence-corrected chi connectivity index (χ4v) is 2.89. The number of methoxy groups -OCH3 is 1. The minimum absolute atomic E-state index is 0.111. The summed E-state index contributed by atoms with van der Waals surface area (Å²) < 4.78 is 12.9. The summed E-state index contributed by atoms with van der Waals surface area (Å²) >= 11 is 3.33. The summed E-state index contributed by atoms with van der Waals surface area (Å²) in [5.41, 5.74) is 1.08. The zero-order valence-corrected chi connectivity index (χ0v) is 12.6. The average Bonchev–Trinajstić information content (AvgIpc) is 2.91. The number of esters is 1. The van der Waals surface area contributed by atoms with E-state index in [2.05, 4.69) is 26.0 Å². The van der Waals surface area contributed by atoms with Crippen LogP contribution in [0.25, 0.3) is 11.0 Å². The van der Waals surface area contributed by atoms with Gasteiger partial charge in [-0.3, -0.25) is 0 Å². The van der Waals surface area contributed by atoms with E-state index in [1.165, 1.54) is 7.11 Å². The first-order valence-electron chi connectivity index (χ1n) is 6.44. The van der Waals surface area contributed by atoms with Crippen LogP contribution in [0.15, 0.2) is 16.9 Å². The third-order valence-corrected chi connectivity index (χ3v) is 4.00. The van der Waals surface area contributed by atoms with E-state index in [1.54, 1.807) is 17.1 Å². The highest BCUT2D eigenvalue weighted by molar-refractivity contribution is 9.10. The minimum atomic E-state index is -0.409. The molecular formula is C13H14BrN3O3. The molecule has 0 aromatic carbocycles. The number of nitrogens with zero attached hydrogens (tertiary/aromatic N) is 3. The minimum Gasteiger partial charge on any atom is -0.465 e. The highest BCUT2D eigenvalue weighted by atomic mass is 79.9. The molecule has 1 atom stereocenters. The lowest BCUT2D eigenvalue weighted by Gasteiger charge is -2.23. The first-order valence-corrected chi connectivity index (χ1v) is 7.23. The van der Waals surface area contributed by atoms with Crippen molar-refractivity contribution in [3.8, 4) is 0 Å². The van der Waals surface area contributed by atoms with E-state index in [-0.39, 0.29) is 6.23 Å². The molecule has 0 spiro atoms. The summed E-state index contributed by atoms with van der Waals surface area (Å²) in [4.78, 5) is 16.2. The van der Waals surface area contributed by atoms with Crippen LogP contribution in [0.3, 0.4) is 0 Å². The molecule has 0 saturated carbocycles. The lowest BCUT2D eigenvalue weighted by Crippen LogP contribution is -2.19. The molecule has 3 heterocycles. The maximum atomic E-state index is 11.9. The number of fused-ring (bicyclic) bond motifs is 1. The van der Waals surface area contributed by atoms with Gasteiger partial charge in [0.25, 0.3) is 0 Å². The van der Waals surface area contributed by atoms with Gasteiger partial charge in [-0.1, -0.05) is 0 Å². The van der Waals surface area contributed by atoms with E-state index >= 15 is 0 Å². The monoisotopic (exact) mass is 339 g/mol. The molecule has 1 aliphatic heterocycles. The van der Waals surface area contributed by atoms with E-state index < -0.39 is 5.97 Å². The zero-order chi connectivity index (χ0) is 14.1. The smallest absolute Gasteiger partial charge is 0.339 e. The van der Waals surface area contributed by atoms with Gasteiger partial charge in [-0.05, 0) is 35.2 Å². The Bertz CT molecular complexity index is 650. The molecule has 1 aliphatic rings. The van der Waals surface area contributed by atoms with Gasteiger partial charge in [0.1, 0.15) is 0 Å². The number of hydrogen-bond acceptors (Lipinski definition) is 5. The second kappa shape index (κ2) is 5.49. The van der Waals surface area contributed by atoms with E-state index in [9.17, 15) is 4.79 Å². The third kappa shape index (κ3) is 2.20. The number of carbonyl (C=O) groups excluding carboxylic acids is 1. The molecule has 7 heteroatoms. The normalized spacial score (nSPS) is 19.2. The van der Waals surface area contributed by atoms with Crippen molar-refractivity contribution in [2.45, 2.75) is 25.5 Å². The van der Waals surface area contributed by atoms with Gasteiger partial charge < -0.3 is 9.47 Å². The van der Waals surface area contributed by atoms with Gasteiger partial charge in [0.05, 0.1) is 28.7 Å². The van der Waals surface area contributed by atoms with Crippen LogP contribution in [-0.4, -0.2) is 34.5 Å². The summed E-state index contributed by atoms with van der Waals surface area (Å²) in [7, 11) is 1.36. The van der Waals surface area contributed by atoms with Gasteiger partial charge in [-0.2, -0.15) is 5.10 Å². The standard InChI is InChI=1S/C13H14BrN3O3/c1-19-13(18)11-8-6-16-17(10-4-2-3-5-20-10)12(8)15-7-9(11)14/h6-7,10H,2-5H2,1H3. The molecule has 0 N–H and O–H groups in total. The molecule has 0 amide bonds. The van der Waals surface area contributed by atoms with Crippen molar-refractivity contribution in [3.63, 3.8) is 0 Å². The van der Waals surface area contributed by atoms with Gasteiger partial charge in [0, 0.05) is 12.8 Å². The lowest BCUT2D eigenvalue weighted by molar-refractivity contribution is -0.0370. The number of carbonyl (C=O) groups is 1. The maximum Gasteiger partial charge on any atom is 0.339 e. The van der Waals surface area contributed by atoms with Crippen LogP contribution in [-0.2, 0) is 9.47 Å². The Morgan fingerprint density at radius 2 is 2.35 bits per heavy atom. The van der Waals surface area contributed by atoms with Crippen molar-refractivity contribution in [2.75, 3.05) is 13.7 Å². The summed E-state index contributed by atoms with van der Waals surface area (Å²) in [5, 5.41) is 5.01. The van der Waals surface area contributed by atoms with E-state index in [4.69, 9.17) is 9.47 Å². The van der Waals surface area contributed by atoms with Gasteiger partial charge in [-0.15, -0.1) is 0 Å². The summed E-state index contributed by atoms with van der Waals surface area (Å²) in [6.45, 7) is 0.729. The van der Waals surface area contributed by atoms with Crippen LogP contribution < -0.4 is 0 Å². The Morgan fingerprint density at radius 3 is 3.05 bits per heavy atom. The number of hydrogen-bond donors (Lipinski definition) is 0. The zero-order valence-electron chi connectivity index (χ0n) is 11.0. The first-order chi connectivity index (χ1) is 9.72. The van der Waals surface area contributed by atoms with Crippen LogP contribution in [0.5, 0.6) is 0 Å². The van der Waals surface area contributed by atoms with E-state index in [0.29, 0.717) is 21.1 Å². The van der Waals surface area contributed by atoms with Crippen LogP contribution in [0.2, 0.25) is 0 Å². The molecule has 6 nitrogen and oxygen atoms in total. The second-order valence-electron chi connectivity index (χ2n) is 4.62. The molecule has 20 heavy (non-hydrogen) atoms. The summed E-state index contributed by atoms with van der Waals surface area (Å²) in [6.07, 6.45) is 6.20. The van der Waals surface area contributed by atoms with Crippen molar-refractivity contribution < 1.29 is 14.3 Å². The number of ether oxygens (including phenoxy) is 2. The van der Waals surface area contributed by atoms with Gasteiger partial charge in [0.2, 0.25) is 0 Å². The Balaban J connectivity index is 2.11. The van der Waals surface area contributed by atoms with Crippen LogP contribution in [0.1, 0.15) is 35.8 Å². The predicted octanol–water partition coefficient (Wildman–Crippen LogP) is 2.68. The summed E-state index contributed by atoms with van der Waals surface area (Å²) in [5.74, 6) is -0.409. The van der Waals surface area contributed by atoms with Crippen LogP contribution >= 0.6 is 15.9 Å². The second-order valence-corrected chi connectivity index (χ2v) is 5.47. The molecule has 0 aliphatic carbocycles. The number of aromatic nitrogens is 3. The van der Waals surface area contributed by atoms with Crippen molar-refractivity contribution in [3.05, 3.63) is 22.4 Å². The molecule has 1 fully saturated rings. The van der Waals surface area contributed by atoms with Crippen molar-refractivity contribution in [2.24, 2.45) is 0 Å². The van der Waals surface area contributed by atoms with Crippen LogP contribution in [0, 0.1) is 0 Å². The topological polar surface area (TPSA) is 66.2 Å². The summed E-state index contributed by atoms with van der Waals surface area (Å²) in [6, 6.07) is 0. The molecule has 106 valence electrons. The van der Waals surface area contributed by atoms with Gasteiger partial charge >= 0.3 is 5.97 Å². The maximum absolute atomic E-state index is 11.9. The first kappa shape index (κ1) is 13.5. The highest BCUT2D eigenvalue weighted by Crippen LogP contribution is 2.29. The Morgan fingerprint density at radius 1 is 1.50 bits per heavy atom. The van der Waals surface area contributed by atoms with Gasteiger partial charge in [-0.25, -0.2) is 14.5 Å². The lowest BCUT2D eigenvalue weighted by atomic mass is 10.2. The Labute approximate surface area is 124 Å².